The fourth-order valence-corrected chi connectivity index (χ4v) is 2.02. The summed E-state index contributed by atoms with van der Waals surface area (Å²) >= 11 is 0. The molecule has 1 aliphatic rings. The molecule has 0 bridgehead atoms. The molecule has 1 saturated heterocycles. The van der Waals surface area contributed by atoms with Crippen molar-refractivity contribution in [2.45, 2.75) is 38.3 Å². The summed E-state index contributed by atoms with van der Waals surface area (Å²) < 4.78 is 4.85. The number of halogens is 1. The van der Waals surface area contributed by atoms with Gasteiger partial charge in [0.25, 0.3) is 0 Å². The molecule has 1 fully saturated rings. The molecule has 15 heavy (non-hydrogen) atoms. The monoisotopic (exact) mass is 236 g/mol. The van der Waals surface area contributed by atoms with Crippen molar-refractivity contribution in [2.24, 2.45) is 5.73 Å². The number of carbonyl (C=O) groups is 1. The third kappa shape index (κ3) is 3.97. The average Bonchev–Trinajstić information content (AvgIpc) is 2.18. The van der Waals surface area contributed by atoms with E-state index in [1.165, 1.54) is 6.42 Å². The average molecular weight is 237 g/mol. The van der Waals surface area contributed by atoms with Crippen LogP contribution < -0.4 is 5.73 Å². The molecule has 2 atom stereocenters. The van der Waals surface area contributed by atoms with Gasteiger partial charge >= 0.3 is 0 Å². The van der Waals surface area contributed by atoms with E-state index in [1.54, 1.807) is 7.11 Å². The molecular formula is C10H21ClN2O2. The number of nitrogens with two attached hydrogens (primary N) is 1. The Kier molecular flexibility index (Phi) is 6.89. The van der Waals surface area contributed by atoms with Crippen molar-refractivity contribution in [3.63, 3.8) is 0 Å². The van der Waals surface area contributed by atoms with Crippen LogP contribution in [0, 0.1) is 0 Å². The Labute approximate surface area is 97.5 Å². The Morgan fingerprint density at radius 3 is 2.80 bits per heavy atom. The fraction of sp³-hybridized carbons (Fsp3) is 0.900. The predicted molar refractivity (Wildman–Crippen MR) is 62.1 cm³/mol. The number of carbonyl (C=O) groups excluding carboxylic acids is 1. The largest absolute Gasteiger partial charge is 0.375 e. The third-order valence-electron chi connectivity index (χ3n) is 2.74. The van der Waals surface area contributed by atoms with Crippen molar-refractivity contribution < 1.29 is 9.53 Å². The van der Waals surface area contributed by atoms with Gasteiger partial charge in [-0.05, 0) is 26.2 Å². The summed E-state index contributed by atoms with van der Waals surface area (Å²) in [5.74, 6) is 0.0644. The Hall–Kier alpha value is -0.320. The second-order valence-electron chi connectivity index (χ2n) is 3.94. The summed E-state index contributed by atoms with van der Waals surface area (Å²) in [6.45, 7) is 2.96. The normalized spacial score (nSPS) is 23.1. The van der Waals surface area contributed by atoms with Gasteiger partial charge in [-0.15, -0.1) is 12.4 Å². The molecule has 1 rings (SSSR count). The molecule has 2 N–H and O–H groups in total. The minimum Gasteiger partial charge on any atom is -0.375 e. The SMILES string of the molecule is COCC(=O)N1CCCCC1C(C)N.Cl. The number of nitrogens with zero attached hydrogens (tertiary/aromatic N) is 1. The molecule has 0 saturated carbocycles. The van der Waals surface area contributed by atoms with E-state index in [4.69, 9.17) is 10.5 Å². The lowest BCUT2D eigenvalue weighted by Crippen LogP contribution is -2.52. The summed E-state index contributed by atoms with van der Waals surface area (Å²) in [7, 11) is 1.54. The number of ether oxygens (including phenoxy) is 1. The van der Waals surface area contributed by atoms with E-state index in [0.29, 0.717) is 0 Å². The zero-order valence-electron chi connectivity index (χ0n) is 9.44. The van der Waals surface area contributed by atoms with Crippen molar-refractivity contribution in [2.75, 3.05) is 20.3 Å². The van der Waals surface area contributed by atoms with Crippen LogP contribution in [0.4, 0.5) is 0 Å². The van der Waals surface area contributed by atoms with Crippen molar-refractivity contribution in [3.8, 4) is 0 Å². The molecule has 0 aromatic carbocycles. The van der Waals surface area contributed by atoms with Crippen LogP contribution in [-0.4, -0.2) is 43.2 Å². The zero-order valence-corrected chi connectivity index (χ0v) is 10.3. The van der Waals surface area contributed by atoms with Gasteiger partial charge in [0.15, 0.2) is 0 Å². The van der Waals surface area contributed by atoms with E-state index >= 15 is 0 Å². The van der Waals surface area contributed by atoms with Gasteiger partial charge < -0.3 is 15.4 Å². The van der Waals surface area contributed by atoms with Crippen LogP contribution in [0.3, 0.4) is 0 Å². The lowest BCUT2D eigenvalue weighted by atomic mass is 9.97. The van der Waals surface area contributed by atoms with Crippen molar-refractivity contribution >= 4 is 18.3 Å². The fourth-order valence-electron chi connectivity index (χ4n) is 2.02. The van der Waals surface area contributed by atoms with E-state index in [2.05, 4.69) is 0 Å². The van der Waals surface area contributed by atoms with Crippen LogP contribution in [0.25, 0.3) is 0 Å². The number of hydrogen-bond acceptors (Lipinski definition) is 3. The molecule has 2 unspecified atom stereocenters. The summed E-state index contributed by atoms with van der Waals surface area (Å²) in [5.41, 5.74) is 5.86. The molecule has 0 aromatic rings. The summed E-state index contributed by atoms with van der Waals surface area (Å²) in [6.07, 6.45) is 3.27. The first-order valence-corrected chi connectivity index (χ1v) is 5.20. The lowest BCUT2D eigenvalue weighted by Gasteiger charge is -2.37. The highest BCUT2D eigenvalue weighted by atomic mass is 35.5. The smallest absolute Gasteiger partial charge is 0.248 e. The molecule has 0 spiro atoms. The van der Waals surface area contributed by atoms with E-state index in [9.17, 15) is 4.79 Å². The Balaban J connectivity index is 0.00000196. The van der Waals surface area contributed by atoms with Gasteiger partial charge in [0, 0.05) is 25.7 Å². The van der Waals surface area contributed by atoms with Gasteiger partial charge in [0.05, 0.1) is 0 Å². The standard InChI is InChI=1S/C10H20N2O2.ClH/c1-8(11)9-5-3-4-6-12(9)10(13)7-14-2;/h8-9H,3-7,11H2,1-2H3;1H. The van der Waals surface area contributed by atoms with E-state index in [-0.39, 0.29) is 37.0 Å². The minimum absolute atomic E-state index is 0. The van der Waals surface area contributed by atoms with Crippen LogP contribution >= 0.6 is 12.4 Å². The third-order valence-corrected chi connectivity index (χ3v) is 2.74. The highest BCUT2D eigenvalue weighted by Crippen LogP contribution is 2.18. The van der Waals surface area contributed by atoms with Crippen LogP contribution in [0.1, 0.15) is 26.2 Å². The molecule has 1 aliphatic heterocycles. The van der Waals surface area contributed by atoms with Gasteiger partial charge in [-0.2, -0.15) is 0 Å². The molecule has 4 nitrogen and oxygen atoms in total. The van der Waals surface area contributed by atoms with E-state index in [1.807, 2.05) is 11.8 Å². The van der Waals surface area contributed by atoms with Crippen LogP contribution in [0.2, 0.25) is 0 Å². The topological polar surface area (TPSA) is 55.6 Å². The number of rotatable bonds is 3. The highest BCUT2D eigenvalue weighted by Gasteiger charge is 2.28. The first-order valence-electron chi connectivity index (χ1n) is 5.20. The van der Waals surface area contributed by atoms with Crippen LogP contribution in [-0.2, 0) is 9.53 Å². The summed E-state index contributed by atoms with van der Waals surface area (Å²) in [6, 6.07) is 0.252. The number of amides is 1. The van der Waals surface area contributed by atoms with Crippen LogP contribution in [0.5, 0.6) is 0 Å². The molecule has 1 heterocycles. The van der Waals surface area contributed by atoms with Gasteiger partial charge in [-0.25, -0.2) is 0 Å². The molecule has 1 amide bonds. The maximum Gasteiger partial charge on any atom is 0.248 e. The Bertz CT molecular complexity index is 200. The van der Waals surface area contributed by atoms with Gasteiger partial charge in [-0.1, -0.05) is 0 Å². The summed E-state index contributed by atoms with van der Waals surface area (Å²) in [4.78, 5) is 13.5. The van der Waals surface area contributed by atoms with Gasteiger partial charge in [0.2, 0.25) is 5.91 Å². The number of likely N-dealkylation sites (tertiary alicyclic amines) is 1. The van der Waals surface area contributed by atoms with Crippen molar-refractivity contribution in [1.82, 2.24) is 4.90 Å². The van der Waals surface area contributed by atoms with E-state index < -0.39 is 0 Å². The highest BCUT2D eigenvalue weighted by molar-refractivity contribution is 5.85. The number of piperidine rings is 1. The zero-order chi connectivity index (χ0) is 10.6. The van der Waals surface area contributed by atoms with Gasteiger partial charge in [0.1, 0.15) is 6.61 Å². The predicted octanol–water partition coefficient (Wildman–Crippen LogP) is 0.783. The molecule has 0 aliphatic carbocycles. The molecular weight excluding hydrogens is 216 g/mol. The molecule has 0 radical (unpaired) electrons. The van der Waals surface area contributed by atoms with Gasteiger partial charge in [-0.3, -0.25) is 4.79 Å². The first-order chi connectivity index (χ1) is 6.66. The molecule has 5 heteroatoms. The van der Waals surface area contributed by atoms with Crippen molar-refractivity contribution in [1.29, 1.82) is 0 Å². The van der Waals surface area contributed by atoms with Crippen molar-refractivity contribution in [3.05, 3.63) is 0 Å². The number of methoxy groups -OCH3 is 1. The molecule has 90 valence electrons. The Morgan fingerprint density at radius 2 is 2.27 bits per heavy atom. The summed E-state index contributed by atoms with van der Waals surface area (Å²) in [5, 5.41) is 0. The Morgan fingerprint density at radius 1 is 1.60 bits per heavy atom. The first kappa shape index (κ1) is 14.7. The van der Waals surface area contributed by atoms with Crippen LogP contribution in [0.15, 0.2) is 0 Å². The lowest BCUT2D eigenvalue weighted by molar-refractivity contribution is -0.139. The second kappa shape index (κ2) is 7.04. The maximum absolute atomic E-state index is 11.7. The second-order valence-corrected chi connectivity index (χ2v) is 3.94. The minimum atomic E-state index is 0. The van der Waals surface area contributed by atoms with E-state index in [0.717, 1.165) is 19.4 Å². The quantitative estimate of drug-likeness (QED) is 0.788. The number of hydrogen-bond donors (Lipinski definition) is 1. The maximum atomic E-state index is 11.7. The molecule has 0 aromatic heterocycles.